The topological polar surface area (TPSA) is 84.7 Å². The quantitative estimate of drug-likeness (QED) is 0.797. The first-order valence-electron chi connectivity index (χ1n) is 8.35. The molecule has 0 saturated heterocycles. The second-order valence-electron chi connectivity index (χ2n) is 6.58. The number of aryl methyl sites for hydroxylation is 1. The highest BCUT2D eigenvalue weighted by Gasteiger charge is 2.34. The molecule has 25 heavy (non-hydrogen) atoms. The lowest BCUT2D eigenvalue weighted by molar-refractivity contribution is -0.138. The van der Waals surface area contributed by atoms with E-state index in [-0.39, 0.29) is 5.56 Å². The van der Waals surface area contributed by atoms with Crippen molar-refractivity contribution in [3.8, 4) is 0 Å². The Morgan fingerprint density at radius 3 is 2.88 bits per heavy atom. The molecular weight excluding hydrogens is 342 g/mol. The van der Waals surface area contributed by atoms with Crippen LogP contribution in [0.2, 0.25) is 0 Å². The molecule has 0 saturated carbocycles. The number of hydrogen-bond acceptors (Lipinski definition) is 6. The zero-order chi connectivity index (χ0) is 18.1. The molecule has 0 spiro atoms. The van der Waals surface area contributed by atoms with Crippen LogP contribution in [0.25, 0.3) is 10.2 Å². The molecule has 3 rings (SSSR count). The molecule has 0 aromatic carbocycles. The number of carbonyl (C=O) groups is 1. The Kier molecular flexibility index (Phi) is 5.21. The lowest BCUT2D eigenvalue weighted by atomic mass is 10.0. The van der Waals surface area contributed by atoms with Gasteiger partial charge in [0.05, 0.1) is 17.9 Å². The van der Waals surface area contributed by atoms with Gasteiger partial charge in [0, 0.05) is 31.5 Å². The van der Waals surface area contributed by atoms with Gasteiger partial charge in [0.1, 0.15) is 10.7 Å². The summed E-state index contributed by atoms with van der Waals surface area (Å²) in [4.78, 5) is 33.1. The van der Waals surface area contributed by atoms with Crippen LogP contribution in [0.15, 0.2) is 4.79 Å². The molecule has 1 atom stereocenters. The largest absolute Gasteiger partial charge is 0.481 e. The summed E-state index contributed by atoms with van der Waals surface area (Å²) in [6.45, 7) is 1.72. The van der Waals surface area contributed by atoms with E-state index in [4.69, 9.17) is 9.72 Å². The molecule has 1 aliphatic rings. The fourth-order valence-corrected chi connectivity index (χ4v) is 4.59. The Bertz CT molecular complexity index is 856. The van der Waals surface area contributed by atoms with Crippen molar-refractivity contribution in [1.29, 1.82) is 0 Å². The van der Waals surface area contributed by atoms with Crippen molar-refractivity contribution in [2.45, 2.75) is 31.7 Å². The smallest absolute Gasteiger partial charge is 0.311 e. The summed E-state index contributed by atoms with van der Waals surface area (Å²) in [5, 5.41) is 10.0. The van der Waals surface area contributed by atoms with Gasteiger partial charge in [-0.25, -0.2) is 4.98 Å². The van der Waals surface area contributed by atoms with Gasteiger partial charge in [-0.15, -0.1) is 11.3 Å². The summed E-state index contributed by atoms with van der Waals surface area (Å²) in [6.07, 6.45) is 1.83. The monoisotopic (exact) mass is 365 g/mol. The molecule has 0 radical (unpaired) electrons. The average Bonchev–Trinajstić information content (AvgIpc) is 3.10. The molecule has 8 heteroatoms. The maximum Gasteiger partial charge on any atom is 0.311 e. The van der Waals surface area contributed by atoms with Gasteiger partial charge in [-0.05, 0) is 32.5 Å². The summed E-state index contributed by atoms with van der Waals surface area (Å²) in [5.41, 5.74) is 0.575. The number of nitrogens with zero attached hydrogens (tertiary/aromatic N) is 3. The van der Waals surface area contributed by atoms with Gasteiger partial charge < -0.3 is 14.7 Å². The van der Waals surface area contributed by atoms with Crippen LogP contribution in [0.5, 0.6) is 0 Å². The number of rotatable bonds is 7. The molecule has 136 valence electrons. The Labute approximate surface area is 149 Å². The van der Waals surface area contributed by atoms with Crippen molar-refractivity contribution in [3.05, 3.63) is 26.6 Å². The van der Waals surface area contributed by atoms with Crippen molar-refractivity contribution < 1.29 is 14.6 Å². The molecule has 1 N–H and O–H groups in total. The number of likely N-dealkylation sites (N-methyl/N-ethyl adjacent to an activating group) is 1. The Morgan fingerprint density at radius 1 is 1.48 bits per heavy atom. The summed E-state index contributed by atoms with van der Waals surface area (Å²) in [6, 6.07) is 0. The SMILES string of the molecule is COCCc1nc2sc3c(c2c(=O)n1CCN(C)C)C(C(=O)O)CC3. The Hall–Kier alpha value is -1.77. The lowest BCUT2D eigenvalue weighted by Crippen LogP contribution is -2.31. The predicted molar refractivity (Wildman–Crippen MR) is 96.7 cm³/mol. The van der Waals surface area contributed by atoms with Crippen molar-refractivity contribution in [1.82, 2.24) is 14.5 Å². The number of ether oxygens (including phenoxy) is 1. The highest BCUT2D eigenvalue weighted by molar-refractivity contribution is 7.18. The molecule has 0 fully saturated rings. The van der Waals surface area contributed by atoms with Gasteiger partial charge in [-0.2, -0.15) is 0 Å². The molecule has 1 aliphatic carbocycles. The van der Waals surface area contributed by atoms with E-state index < -0.39 is 11.9 Å². The molecule has 0 amide bonds. The summed E-state index contributed by atoms with van der Waals surface area (Å²) in [5.74, 6) is -0.750. The van der Waals surface area contributed by atoms with E-state index in [1.165, 1.54) is 11.3 Å². The number of thiophene rings is 1. The predicted octanol–water partition coefficient (Wildman–Crippen LogP) is 1.32. The number of hydrogen-bond donors (Lipinski definition) is 1. The summed E-state index contributed by atoms with van der Waals surface area (Å²) < 4.78 is 6.83. The van der Waals surface area contributed by atoms with Crippen molar-refractivity contribution in [2.75, 3.05) is 34.4 Å². The zero-order valence-electron chi connectivity index (χ0n) is 14.7. The first-order valence-corrected chi connectivity index (χ1v) is 9.17. The average molecular weight is 365 g/mol. The molecule has 2 aromatic heterocycles. The Morgan fingerprint density at radius 2 is 2.24 bits per heavy atom. The van der Waals surface area contributed by atoms with Gasteiger partial charge in [0.2, 0.25) is 0 Å². The van der Waals surface area contributed by atoms with E-state index in [1.807, 2.05) is 19.0 Å². The van der Waals surface area contributed by atoms with Crippen LogP contribution in [0.4, 0.5) is 0 Å². The third-order valence-corrected chi connectivity index (χ3v) is 5.77. The molecular formula is C17H23N3O4S. The zero-order valence-corrected chi connectivity index (χ0v) is 15.6. The van der Waals surface area contributed by atoms with Gasteiger partial charge >= 0.3 is 5.97 Å². The van der Waals surface area contributed by atoms with Crippen LogP contribution in [0.1, 0.15) is 28.6 Å². The van der Waals surface area contributed by atoms with Gasteiger partial charge in [0.15, 0.2) is 0 Å². The van der Waals surface area contributed by atoms with E-state index >= 15 is 0 Å². The lowest BCUT2D eigenvalue weighted by Gasteiger charge is -2.16. The summed E-state index contributed by atoms with van der Waals surface area (Å²) >= 11 is 1.46. The number of carboxylic acid groups (broad SMARTS) is 1. The number of aliphatic carboxylic acids is 1. The third kappa shape index (κ3) is 3.33. The van der Waals surface area contributed by atoms with E-state index in [0.29, 0.717) is 60.6 Å². The fourth-order valence-electron chi connectivity index (χ4n) is 3.33. The minimum Gasteiger partial charge on any atom is -0.481 e. The highest BCUT2D eigenvalue weighted by atomic mass is 32.1. The van der Waals surface area contributed by atoms with Crippen LogP contribution in [-0.4, -0.2) is 59.9 Å². The number of fused-ring (bicyclic) bond motifs is 3. The molecule has 0 bridgehead atoms. The molecule has 1 unspecified atom stereocenters. The first-order chi connectivity index (χ1) is 11.9. The molecule has 0 aliphatic heterocycles. The number of carboxylic acids is 1. The second kappa shape index (κ2) is 7.23. The molecule has 2 aromatic rings. The van der Waals surface area contributed by atoms with Gasteiger partial charge in [-0.3, -0.25) is 14.2 Å². The van der Waals surface area contributed by atoms with E-state index in [1.54, 1.807) is 11.7 Å². The van der Waals surface area contributed by atoms with E-state index in [2.05, 4.69) is 0 Å². The fraction of sp³-hybridized carbons (Fsp3) is 0.588. The number of methoxy groups -OCH3 is 1. The van der Waals surface area contributed by atoms with Crippen LogP contribution in [-0.2, 0) is 28.9 Å². The van der Waals surface area contributed by atoms with Crippen LogP contribution < -0.4 is 5.56 Å². The minimum absolute atomic E-state index is 0.122. The normalized spacial score (nSPS) is 16.7. The van der Waals surface area contributed by atoms with Crippen molar-refractivity contribution in [3.63, 3.8) is 0 Å². The Balaban J connectivity index is 2.16. The van der Waals surface area contributed by atoms with Crippen LogP contribution >= 0.6 is 11.3 Å². The second-order valence-corrected chi connectivity index (χ2v) is 7.66. The highest BCUT2D eigenvalue weighted by Crippen LogP contribution is 2.42. The maximum atomic E-state index is 13.2. The van der Waals surface area contributed by atoms with Gasteiger partial charge in [0.25, 0.3) is 5.56 Å². The molecule has 2 heterocycles. The van der Waals surface area contributed by atoms with Crippen molar-refractivity contribution in [2.24, 2.45) is 0 Å². The van der Waals surface area contributed by atoms with Crippen molar-refractivity contribution >= 4 is 27.5 Å². The van der Waals surface area contributed by atoms with Crippen LogP contribution in [0, 0.1) is 0 Å². The third-order valence-electron chi connectivity index (χ3n) is 4.61. The first kappa shape index (κ1) is 18.0. The standard InChI is InChI=1S/C17H23N3O4S/c1-19(2)7-8-20-12(6-9-24-3)18-15-14(16(20)21)13-10(17(22)23)4-5-11(13)25-15/h10H,4-9H2,1-3H3,(H,22,23). The van der Waals surface area contributed by atoms with Crippen LogP contribution in [0.3, 0.4) is 0 Å². The van der Waals surface area contributed by atoms with Gasteiger partial charge in [-0.1, -0.05) is 0 Å². The molecule has 7 nitrogen and oxygen atoms in total. The van der Waals surface area contributed by atoms with E-state index in [9.17, 15) is 14.7 Å². The maximum absolute atomic E-state index is 13.2. The van der Waals surface area contributed by atoms with E-state index in [0.717, 1.165) is 4.88 Å². The minimum atomic E-state index is -0.860. The number of aromatic nitrogens is 2. The summed E-state index contributed by atoms with van der Waals surface area (Å²) in [7, 11) is 5.53.